The molecule has 6 aromatic rings. The Kier molecular flexibility index (Phi) is 13.8. The number of piperazine rings is 2. The lowest BCUT2D eigenvalue weighted by molar-refractivity contribution is -0.175. The smallest absolute Gasteiger partial charge is 0.418 e. The Labute approximate surface area is 366 Å². The Morgan fingerprint density at radius 2 is 0.887 bits per heavy atom. The van der Waals surface area contributed by atoms with Crippen LogP contribution in [0.5, 0.6) is 0 Å². The van der Waals surface area contributed by atoms with Crippen molar-refractivity contribution in [2.24, 2.45) is 0 Å². The van der Waals surface area contributed by atoms with Gasteiger partial charge in [0.25, 0.3) is 0 Å². The molecular formula is C52H60N6O4. The molecule has 0 spiro atoms. The number of nitrogens with zero attached hydrogens (tertiary/aromatic N) is 6. The summed E-state index contributed by atoms with van der Waals surface area (Å²) < 4.78 is 11.8. The van der Waals surface area contributed by atoms with Crippen molar-refractivity contribution in [2.45, 2.75) is 65.6 Å². The first-order chi connectivity index (χ1) is 30.3. The molecule has 10 heteroatoms. The number of pyridine rings is 2. The van der Waals surface area contributed by atoms with Crippen molar-refractivity contribution in [3.63, 3.8) is 0 Å². The minimum atomic E-state index is -0.984. The number of rotatable bonds is 14. The molecule has 4 aromatic carbocycles. The molecule has 0 N–H and O–H groups in total. The Morgan fingerprint density at radius 1 is 0.516 bits per heavy atom. The molecule has 2 aliphatic heterocycles. The number of anilines is 2. The zero-order valence-corrected chi connectivity index (χ0v) is 36.8. The maximum Gasteiger partial charge on any atom is 0.418 e. The van der Waals surface area contributed by atoms with E-state index in [2.05, 4.69) is 94.1 Å². The lowest BCUT2D eigenvalue weighted by Crippen LogP contribution is -2.46. The number of esters is 2. The summed E-state index contributed by atoms with van der Waals surface area (Å²) >= 11 is 0. The van der Waals surface area contributed by atoms with Crippen LogP contribution in [-0.4, -0.2) is 97.2 Å². The number of aromatic nitrogens is 2. The molecule has 62 heavy (non-hydrogen) atoms. The van der Waals surface area contributed by atoms with E-state index in [9.17, 15) is 9.59 Å². The molecule has 2 unspecified atom stereocenters. The number of carbonyl (C=O) groups excluding carboxylic acids is 2. The van der Waals surface area contributed by atoms with Crippen LogP contribution in [0.1, 0.15) is 76.7 Å². The van der Waals surface area contributed by atoms with E-state index < -0.39 is 24.1 Å². The summed E-state index contributed by atoms with van der Waals surface area (Å²) in [7, 11) is 0. The topological polar surface area (TPSA) is 91.3 Å². The van der Waals surface area contributed by atoms with Crippen molar-refractivity contribution in [2.75, 3.05) is 75.2 Å². The standard InChI is InChI=1S/C52H60N6O4/c1-5-13-47(39-23-19-37(20-24-39)45-35-41-15-9-11-17-43(41)49(53-45)57-31-27-55(7-3)28-32-57)61-51(59)52(60)62-48(14-6-2)40-25-21-38(22-26-40)46-36-42-16-10-12-18-44(42)50(54-46)58-33-29-56(8-4)30-34-58/h9-12,15-26,35-36,47-48H,5-8,13-14,27-34H2,1-4H3. The van der Waals surface area contributed by atoms with E-state index in [0.29, 0.717) is 12.8 Å². The molecule has 10 nitrogen and oxygen atoms in total. The van der Waals surface area contributed by atoms with Crippen LogP contribution >= 0.6 is 0 Å². The zero-order chi connectivity index (χ0) is 43.0. The van der Waals surface area contributed by atoms with Gasteiger partial charge in [0.15, 0.2) is 0 Å². The van der Waals surface area contributed by atoms with E-state index in [1.54, 1.807) is 0 Å². The van der Waals surface area contributed by atoms with Crippen LogP contribution in [0.15, 0.2) is 109 Å². The molecule has 2 saturated heterocycles. The van der Waals surface area contributed by atoms with E-state index in [1.807, 2.05) is 62.4 Å². The van der Waals surface area contributed by atoms with Crippen molar-refractivity contribution >= 4 is 45.1 Å². The van der Waals surface area contributed by atoms with Gasteiger partial charge >= 0.3 is 11.9 Å². The summed E-state index contributed by atoms with van der Waals surface area (Å²) in [4.78, 5) is 47.0. The van der Waals surface area contributed by atoms with Crippen molar-refractivity contribution < 1.29 is 19.1 Å². The average molecular weight is 833 g/mol. The monoisotopic (exact) mass is 832 g/mol. The van der Waals surface area contributed by atoms with Crippen molar-refractivity contribution in [1.29, 1.82) is 0 Å². The van der Waals surface area contributed by atoms with Crippen LogP contribution in [0, 0.1) is 0 Å². The first-order valence-electron chi connectivity index (χ1n) is 22.7. The Balaban J connectivity index is 0.950. The highest BCUT2D eigenvalue weighted by Crippen LogP contribution is 2.35. The Hall–Kier alpha value is -5.84. The normalized spacial score (nSPS) is 16.1. The van der Waals surface area contributed by atoms with Gasteiger partial charge in [0.05, 0.1) is 11.4 Å². The molecule has 0 bridgehead atoms. The predicted octanol–water partition coefficient (Wildman–Crippen LogP) is 9.87. The first-order valence-corrected chi connectivity index (χ1v) is 22.7. The van der Waals surface area contributed by atoms with Gasteiger partial charge in [0.2, 0.25) is 0 Å². The molecular weight excluding hydrogens is 773 g/mol. The summed E-state index contributed by atoms with van der Waals surface area (Å²) in [5, 5.41) is 4.61. The van der Waals surface area contributed by atoms with Gasteiger partial charge in [-0.05, 0) is 60.0 Å². The van der Waals surface area contributed by atoms with E-state index in [4.69, 9.17) is 19.4 Å². The highest BCUT2D eigenvalue weighted by molar-refractivity contribution is 6.29. The molecule has 0 saturated carbocycles. The number of hydrogen-bond acceptors (Lipinski definition) is 10. The Bertz CT molecular complexity index is 2280. The average Bonchev–Trinajstić information content (AvgIpc) is 3.33. The van der Waals surface area contributed by atoms with Gasteiger partial charge in [-0.3, -0.25) is 0 Å². The highest BCUT2D eigenvalue weighted by atomic mass is 16.6. The second kappa shape index (κ2) is 19.9. The van der Waals surface area contributed by atoms with Gasteiger partial charge in [0.1, 0.15) is 23.8 Å². The van der Waals surface area contributed by atoms with Crippen molar-refractivity contribution in [3.05, 3.63) is 120 Å². The minimum absolute atomic E-state index is 0.569. The van der Waals surface area contributed by atoms with Crippen molar-refractivity contribution in [1.82, 2.24) is 19.8 Å². The molecule has 2 aliphatic rings. The molecule has 2 fully saturated rings. The molecule has 8 rings (SSSR count). The maximum absolute atomic E-state index is 13.4. The Morgan fingerprint density at radius 3 is 1.24 bits per heavy atom. The minimum Gasteiger partial charge on any atom is -0.449 e. The third-order valence-corrected chi connectivity index (χ3v) is 12.6. The molecule has 0 amide bonds. The maximum atomic E-state index is 13.4. The molecule has 4 heterocycles. The largest absolute Gasteiger partial charge is 0.449 e. The number of hydrogen-bond donors (Lipinski definition) is 0. The molecule has 322 valence electrons. The summed E-state index contributed by atoms with van der Waals surface area (Å²) in [6.07, 6.45) is 1.48. The predicted molar refractivity (Wildman–Crippen MR) is 250 cm³/mol. The van der Waals surface area contributed by atoms with E-state index in [-0.39, 0.29) is 0 Å². The fourth-order valence-electron chi connectivity index (χ4n) is 8.89. The van der Waals surface area contributed by atoms with Gasteiger partial charge in [-0.1, -0.05) is 138 Å². The zero-order valence-electron chi connectivity index (χ0n) is 36.8. The number of carbonyl (C=O) groups is 2. The molecule has 2 aromatic heterocycles. The molecule has 0 aliphatic carbocycles. The van der Waals surface area contributed by atoms with Gasteiger partial charge in [0, 0.05) is 74.3 Å². The lowest BCUT2D eigenvalue weighted by atomic mass is 10.0. The SMILES string of the molecule is CCCC(OC(=O)C(=O)OC(CCC)c1ccc(-c2cc3ccccc3c(N3CCN(CC)CC3)n2)cc1)c1ccc(-c2cc3ccccc3c(N3CCN(CC)CC3)n2)cc1. The molecule has 2 atom stereocenters. The summed E-state index contributed by atoms with van der Waals surface area (Å²) in [6.45, 7) is 18.4. The van der Waals surface area contributed by atoms with Gasteiger partial charge in [-0.2, -0.15) is 0 Å². The van der Waals surface area contributed by atoms with E-state index >= 15 is 0 Å². The second-order valence-corrected chi connectivity index (χ2v) is 16.6. The second-order valence-electron chi connectivity index (χ2n) is 16.6. The summed E-state index contributed by atoms with van der Waals surface area (Å²) in [5.74, 6) is 0.0575. The number of likely N-dealkylation sites (N-methyl/N-ethyl adjacent to an activating group) is 2. The van der Waals surface area contributed by atoms with Crippen LogP contribution in [0.2, 0.25) is 0 Å². The van der Waals surface area contributed by atoms with Gasteiger partial charge < -0.3 is 29.1 Å². The number of benzene rings is 4. The van der Waals surface area contributed by atoms with Crippen LogP contribution in [0.25, 0.3) is 44.1 Å². The van der Waals surface area contributed by atoms with Crippen LogP contribution < -0.4 is 9.80 Å². The highest BCUT2D eigenvalue weighted by Gasteiger charge is 2.28. The fraction of sp³-hybridized carbons (Fsp3) is 0.385. The number of ether oxygens (including phenoxy) is 2. The third-order valence-electron chi connectivity index (χ3n) is 12.6. The summed E-state index contributed by atoms with van der Waals surface area (Å²) in [6, 6.07) is 37.2. The molecule has 0 radical (unpaired) electrons. The van der Waals surface area contributed by atoms with E-state index in [1.165, 1.54) is 0 Å². The third kappa shape index (κ3) is 9.62. The van der Waals surface area contributed by atoms with Crippen LogP contribution in [0.3, 0.4) is 0 Å². The first kappa shape index (κ1) is 42.8. The van der Waals surface area contributed by atoms with Gasteiger partial charge in [-0.15, -0.1) is 0 Å². The van der Waals surface area contributed by atoms with Gasteiger partial charge in [-0.25, -0.2) is 19.6 Å². The van der Waals surface area contributed by atoms with Crippen LogP contribution in [-0.2, 0) is 19.1 Å². The number of fused-ring (bicyclic) bond motifs is 2. The fourth-order valence-corrected chi connectivity index (χ4v) is 8.89. The van der Waals surface area contributed by atoms with E-state index in [0.717, 1.165) is 145 Å². The summed E-state index contributed by atoms with van der Waals surface area (Å²) in [5.41, 5.74) is 5.38. The quantitative estimate of drug-likeness (QED) is 0.0781. The lowest BCUT2D eigenvalue weighted by Gasteiger charge is -2.35. The van der Waals surface area contributed by atoms with Crippen molar-refractivity contribution in [3.8, 4) is 22.5 Å². The van der Waals surface area contributed by atoms with Crippen LogP contribution in [0.4, 0.5) is 11.6 Å².